The van der Waals surface area contributed by atoms with Crippen molar-refractivity contribution < 1.29 is 10.6 Å². The van der Waals surface area contributed by atoms with Crippen molar-refractivity contribution in [2.24, 2.45) is 0 Å². The van der Waals surface area contributed by atoms with E-state index in [0.29, 0.717) is 6.04 Å². The molecular weight excluding hydrogens is 244 g/mol. The Bertz CT molecular complexity index is 467. The lowest BCUT2D eigenvalue weighted by Crippen LogP contribution is -2.87. The van der Waals surface area contributed by atoms with Crippen molar-refractivity contribution in [3.05, 3.63) is 71.8 Å². The molecule has 0 bridgehead atoms. The highest BCUT2D eigenvalue weighted by molar-refractivity contribution is 5.16. The van der Waals surface area contributed by atoms with Gasteiger partial charge in [0.15, 0.2) is 0 Å². The topological polar surface area (TPSA) is 33.2 Å². The van der Waals surface area contributed by atoms with Gasteiger partial charge in [-0.25, -0.2) is 0 Å². The minimum absolute atomic E-state index is 0.560. The van der Waals surface area contributed by atoms with Gasteiger partial charge in [-0.1, -0.05) is 60.7 Å². The number of rotatable bonds is 8. The highest BCUT2D eigenvalue weighted by atomic mass is 14.9. The third-order valence-corrected chi connectivity index (χ3v) is 3.68. The molecule has 0 aliphatic rings. The van der Waals surface area contributed by atoms with Gasteiger partial charge in [0.1, 0.15) is 12.6 Å². The zero-order valence-corrected chi connectivity index (χ0v) is 12.3. The summed E-state index contributed by atoms with van der Waals surface area (Å²) in [6.07, 6.45) is 1.25. The monoisotopic (exact) mass is 270 g/mol. The molecule has 2 aromatic rings. The number of hydrogen-bond donors (Lipinski definition) is 2. The van der Waals surface area contributed by atoms with E-state index in [2.05, 4.69) is 78.2 Å². The Morgan fingerprint density at radius 2 is 1.50 bits per heavy atom. The first-order valence-electron chi connectivity index (χ1n) is 7.60. The molecule has 20 heavy (non-hydrogen) atoms. The van der Waals surface area contributed by atoms with Crippen molar-refractivity contribution in [3.8, 4) is 0 Å². The largest absolute Gasteiger partial charge is 0.342 e. The van der Waals surface area contributed by atoms with Gasteiger partial charge >= 0.3 is 0 Å². The van der Waals surface area contributed by atoms with Crippen molar-refractivity contribution >= 4 is 0 Å². The predicted molar refractivity (Wildman–Crippen MR) is 83.2 cm³/mol. The second kappa shape index (κ2) is 8.51. The van der Waals surface area contributed by atoms with E-state index in [9.17, 15) is 0 Å². The molecule has 2 aromatic carbocycles. The number of hydrogen-bond acceptors (Lipinski definition) is 0. The fourth-order valence-electron chi connectivity index (χ4n) is 2.41. The molecule has 0 heterocycles. The van der Waals surface area contributed by atoms with Crippen molar-refractivity contribution in [1.82, 2.24) is 0 Å². The van der Waals surface area contributed by atoms with Crippen LogP contribution in [0.2, 0.25) is 0 Å². The molecule has 106 valence electrons. The van der Waals surface area contributed by atoms with Crippen LogP contribution >= 0.6 is 0 Å². The normalized spacial score (nSPS) is 12.2. The minimum atomic E-state index is 0.560. The van der Waals surface area contributed by atoms with Gasteiger partial charge in [0, 0.05) is 17.5 Å². The number of quaternary nitrogens is 2. The third-order valence-electron chi connectivity index (χ3n) is 3.68. The van der Waals surface area contributed by atoms with Crippen LogP contribution in [-0.4, -0.2) is 13.1 Å². The minimum Gasteiger partial charge on any atom is -0.342 e. The highest BCUT2D eigenvalue weighted by Gasteiger charge is 2.06. The van der Waals surface area contributed by atoms with E-state index in [0.717, 1.165) is 6.54 Å². The summed E-state index contributed by atoms with van der Waals surface area (Å²) in [6, 6.07) is 22.0. The summed E-state index contributed by atoms with van der Waals surface area (Å²) < 4.78 is 0. The zero-order chi connectivity index (χ0) is 14.0. The average Bonchev–Trinajstić information content (AvgIpc) is 2.52. The molecule has 2 rings (SSSR count). The predicted octanol–water partition coefficient (Wildman–Crippen LogP) is 1.46. The van der Waals surface area contributed by atoms with E-state index < -0.39 is 0 Å². The molecule has 0 amide bonds. The van der Waals surface area contributed by atoms with Crippen LogP contribution in [0.15, 0.2) is 60.7 Å². The maximum absolute atomic E-state index is 2.44. The first-order chi connectivity index (χ1) is 9.86. The van der Waals surface area contributed by atoms with E-state index in [1.807, 2.05) is 0 Å². The Labute approximate surface area is 122 Å². The maximum atomic E-state index is 2.44. The van der Waals surface area contributed by atoms with Crippen LogP contribution < -0.4 is 10.6 Å². The smallest absolute Gasteiger partial charge is 0.109 e. The second-order valence-corrected chi connectivity index (χ2v) is 5.34. The van der Waals surface area contributed by atoms with Crippen molar-refractivity contribution in [1.29, 1.82) is 0 Å². The van der Waals surface area contributed by atoms with Crippen molar-refractivity contribution in [2.75, 3.05) is 13.1 Å². The summed E-state index contributed by atoms with van der Waals surface area (Å²) in [5, 5.41) is 4.84. The van der Waals surface area contributed by atoms with Crippen LogP contribution in [-0.2, 0) is 6.54 Å². The Morgan fingerprint density at radius 1 is 0.850 bits per heavy atom. The maximum Gasteiger partial charge on any atom is 0.109 e. The summed E-state index contributed by atoms with van der Waals surface area (Å²) in [4.78, 5) is 0. The SMILES string of the molecule is C[C@@H]([NH2+]CCC[NH2+]Cc1ccccc1)c1ccccc1. The summed E-state index contributed by atoms with van der Waals surface area (Å²) in [5.41, 5.74) is 2.83. The molecule has 0 aromatic heterocycles. The fraction of sp³-hybridized carbons (Fsp3) is 0.333. The molecule has 2 nitrogen and oxygen atoms in total. The molecule has 0 radical (unpaired) electrons. The van der Waals surface area contributed by atoms with Crippen LogP contribution in [0.1, 0.15) is 30.5 Å². The lowest BCUT2D eigenvalue weighted by atomic mass is 10.1. The van der Waals surface area contributed by atoms with E-state index in [4.69, 9.17) is 0 Å². The van der Waals surface area contributed by atoms with Crippen molar-refractivity contribution in [3.63, 3.8) is 0 Å². The van der Waals surface area contributed by atoms with Gasteiger partial charge in [0.2, 0.25) is 0 Å². The molecule has 0 unspecified atom stereocenters. The van der Waals surface area contributed by atoms with Gasteiger partial charge in [-0.2, -0.15) is 0 Å². The first kappa shape index (κ1) is 14.8. The lowest BCUT2D eigenvalue weighted by molar-refractivity contribution is -0.708. The Balaban J connectivity index is 1.56. The quantitative estimate of drug-likeness (QED) is 0.681. The molecule has 0 fully saturated rings. The Morgan fingerprint density at radius 3 is 2.20 bits per heavy atom. The molecule has 0 aliphatic heterocycles. The molecule has 0 aliphatic carbocycles. The standard InChI is InChI=1S/C18H24N2/c1-16(18-11-6-3-7-12-18)20-14-8-13-19-15-17-9-4-2-5-10-17/h2-7,9-12,16,19-20H,8,13-15H2,1H3/p+2/t16-/m1/s1. The molecular formula is C18H26N2+2. The Kier molecular flexibility index (Phi) is 6.28. The van der Waals surface area contributed by atoms with Gasteiger partial charge in [-0.15, -0.1) is 0 Å². The molecule has 0 saturated carbocycles. The fourth-order valence-corrected chi connectivity index (χ4v) is 2.41. The molecule has 4 N–H and O–H groups in total. The molecule has 0 spiro atoms. The highest BCUT2D eigenvalue weighted by Crippen LogP contribution is 2.05. The first-order valence-corrected chi connectivity index (χ1v) is 7.60. The summed E-state index contributed by atoms with van der Waals surface area (Å²) in [6.45, 7) is 5.77. The number of nitrogens with two attached hydrogens (primary N) is 2. The Hall–Kier alpha value is -1.64. The van der Waals surface area contributed by atoms with Crippen LogP contribution in [0.3, 0.4) is 0 Å². The van der Waals surface area contributed by atoms with Crippen molar-refractivity contribution in [2.45, 2.75) is 25.9 Å². The van der Waals surface area contributed by atoms with Crippen LogP contribution in [0.4, 0.5) is 0 Å². The number of benzene rings is 2. The lowest BCUT2D eigenvalue weighted by Gasteiger charge is -2.10. The summed E-state index contributed by atoms with van der Waals surface area (Å²) in [5.74, 6) is 0. The van der Waals surface area contributed by atoms with E-state index >= 15 is 0 Å². The van der Waals surface area contributed by atoms with Gasteiger partial charge < -0.3 is 10.6 Å². The van der Waals surface area contributed by atoms with E-state index in [1.54, 1.807) is 0 Å². The average molecular weight is 270 g/mol. The van der Waals surface area contributed by atoms with Gasteiger partial charge in [0.05, 0.1) is 13.1 Å². The zero-order valence-electron chi connectivity index (χ0n) is 12.3. The van der Waals surface area contributed by atoms with Gasteiger partial charge in [-0.3, -0.25) is 0 Å². The van der Waals surface area contributed by atoms with E-state index in [1.165, 1.54) is 30.6 Å². The van der Waals surface area contributed by atoms with E-state index in [-0.39, 0.29) is 0 Å². The molecule has 0 saturated heterocycles. The van der Waals surface area contributed by atoms with Gasteiger partial charge in [-0.05, 0) is 6.92 Å². The van der Waals surface area contributed by atoms with Crippen LogP contribution in [0.25, 0.3) is 0 Å². The van der Waals surface area contributed by atoms with Gasteiger partial charge in [0.25, 0.3) is 0 Å². The van der Waals surface area contributed by atoms with Crippen LogP contribution in [0.5, 0.6) is 0 Å². The van der Waals surface area contributed by atoms with Crippen LogP contribution in [0, 0.1) is 0 Å². The summed E-state index contributed by atoms with van der Waals surface area (Å²) >= 11 is 0. The molecule has 2 heteroatoms. The second-order valence-electron chi connectivity index (χ2n) is 5.34. The third kappa shape index (κ3) is 5.16. The molecule has 1 atom stereocenters. The summed E-state index contributed by atoms with van der Waals surface area (Å²) in [7, 11) is 0.